The minimum Gasteiger partial charge on any atom is -0.462 e. The molecule has 0 spiro atoms. The van der Waals surface area contributed by atoms with Crippen molar-refractivity contribution in [1.82, 2.24) is 19.5 Å². The zero-order valence-electron chi connectivity index (χ0n) is 16.9. The standard InChI is InChI=1S/C21H21N5O2S2/c1-4-28-20(27)17-13(3)16-18(22)24-15(25-19(16)30-17)11-29-21-23-8-9-26(21)14-7-5-6-12(2)10-14/h5-10H,4,11H2,1-3H3,(H2,22,24,25). The van der Waals surface area contributed by atoms with Crippen LogP contribution >= 0.6 is 23.1 Å². The molecule has 7 nitrogen and oxygen atoms in total. The van der Waals surface area contributed by atoms with E-state index in [0.29, 0.717) is 33.7 Å². The largest absolute Gasteiger partial charge is 0.462 e. The van der Waals surface area contributed by atoms with Crippen molar-refractivity contribution in [2.24, 2.45) is 0 Å². The fourth-order valence-corrected chi connectivity index (χ4v) is 5.10. The number of carbonyl (C=O) groups is 1. The van der Waals surface area contributed by atoms with E-state index in [0.717, 1.165) is 21.8 Å². The Morgan fingerprint density at radius 2 is 2.13 bits per heavy atom. The topological polar surface area (TPSA) is 95.9 Å². The molecule has 0 aliphatic rings. The third-order valence-electron chi connectivity index (χ3n) is 4.54. The molecular formula is C21H21N5O2S2. The predicted molar refractivity (Wildman–Crippen MR) is 120 cm³/mol. The van der Waals surface area contributed by atoms with Gasteiger partial charge in [-0.2, -0.15) is 0 Å². The molecule has 0 unspecified atom stereocenters. The van der Waals surface area contributed by atoms with Crippen molar-refractivity contribution in [2.75, 3.05) is 12.3 Å². The maximum atomic E-state index is 12.2. The number of ether oxygens (including phenoxy) is 1. The zero-order valence-corrected chi connectivity index (χ0v) is 18.5. The average molecular weight is 440 g/mol. The number of carbonyl (C=O) groups excluding carboxylic acids is 1. The summed E-state index contributed by atoms with van der Waals surface area (Å²) in [4.78, 5) is 27.0. The third kappa shape index (κ3) is 3.90. The van der Waals surface area contributed by atoms with E-state index < -0.39 is 0 Å². The molecule has 4 rings (SSSR count). The molecule has 3 heterocycles. The van der Waals surface area contributed by atoms with Crippen LogP contribution in [-0.2, 0) is 10.5 Å². The number of aryl methyl sites for hydroxylation is 2. The lowest BCUT2D eigenvalue weighted by atomic mass is 10.2. The summed E-state index contributed by atoms with van der Waals surface area (Å²) in [5, 5.41) is 1.57. The van der Waals surface area contributed by atoms with Gasteiger partial charge in [0, 0.05) is 18.1 Å². The molecular weight excluding hydrogens is 418 g/mol. The van der Waals surface area contributed by atoms with Crippen molar-refractivity contribution in [1.29, 1.82) is 0 Å². The molecule has 0 bridgehead atoms. The summed E-state index contributed by atoms with van der Waals surface area (Å²) >= 11 is 2.82. The highest BCUT2D eigenvalue weighted by Crippen LogP contribution is 2.34. The van der Waals surface area contributed by atoms with Crippen LogP contribution in [0.4, 0.5) is 5.82 Å². The minimum absolute atomic E-state index is 0.323. The summed E-state index contributed by atoms with van der Waals surface area (Å²) in [5.41, 5.74) is 9.21. The first kappa shape index (κ1) is 20.4. The molecule has 0 aliphatic heterocycles. The van der Waals surface area contributed by atoms with Gasteiger partial charge < -0.3 is 10.5 Å². The predicted octanol–water partition coefficient (Wildman–Crippen LogP) is 4.55. The van der Waals surface area contributed by atoms with Gasteiger partial charge in [-0.05, 0) is 44.0 Å². The molecule has 30 heavy (non-hydrogen) atoms. The van der Waals surface area contributed by atoms with Crippen LogP contribution in [0.3, 0.4) is 0 Å². The molecule has 0 radical (unpaired) electrons. The third-order valence-corrected chi connectivity index (χ3v) is 6.67. The van der Waals surface area contributed by atoms with Crippen LogP contribution in [0.2, 0.25) is 0 Å². The van der Waals surface area contributed by atoms with Crippen molar-refractivity contribution in [3.63, 3.8) is 0 Å². The SMILES string of the molecule is CCOC(=O)c1sc2nc(CSc3nccn3-c3cccc(C)c3)nc(N)c2c1C. The first-order chi connectivity index (χ1) is 14.5. The van der Waals surface area contributed by atoms with Crippen LogP contribution in [0, 0.1) is 13.8 Å². The highest BCUT2D eigenvalue weighted by molar-refractivity contribution is 7.98. The van der Waals surface area contributed by atoms with E-state index >= 15 is 0 Å². The molecule has 0 aliphatic carbocycles. The maximum Gasteiger partial charge on any atom is 0.348 e. The second kappa shape index (κ2) is 8.45. The van der Waals surface area contributed by atoms with Crippen molar-refractivity contribution in [2.45, 2.75) is 31.7 Å². The Kier molecular flexibility index (Phi) is 5.74. The van der Waals surface area contributed by atoms with Gasteiger partial charge in [-0.25, -0.2) is 19.7 Å². The number of benzene rings is 1. The molecule has 9 heteroatoms. The molecule has 2 N–H and O–H groups in total. The van der Waals surface area contributed by atoms with Gasteiger partial charge in [-0.3, -0.25) is 4.57 Å². The van der Waals surface area contributed by atoms with Crippen molar-refractivity contribution >= 4 is 45.1 Å². The molecule has 0 amide bonds. The fraction of sp³-hybridized carbons (Fsp3) is 0.238. The highest BCUT2D eigenvalue weighted by Gasteiger charge is 2.20. The number of hydrogen-bond donors (Lipinski definition) is 1. The van der Waals surface area contributed by atoms with Gasteiger partial charge in [0.05, 0.1) is 17.7 Å². The molecule has 0 atom stereocenters. The molecule has 4 aromatic rings. The van der Waals surface area contributed by atoms with Gasteiger partial charge >= 0.3 is 5.97 Å². The van der Waals surface area contributed by atoms with Crippen molar-refractivity contribution in [3.8, 4) is 5.69 Å². The number of thiophene rings is 1. The highest BCUT2D eigenvalue weighted by atomic mass is 32.2. The lowest BCUT2D eigenvalue weighted by molar-refractivity contribution is 0.0531. The first-order valence-electron chi connectivity index (χ1n) is 9.43. The Hall–Kier alpha value is -2.91. The maximum absolute atomic E-state index is 12.2. The van der Waals surface area contributed by atoms with E-state index in [1.54, 1.807) is 13.1 Å². The quantitative estimate of drug-likeness (QED) is 0.348. The van der Waals surface area contributed by atoms with Crippen molar-refractivity contribution in [3.05, 3.63) is 58.5 Å². The van der Waals surface area contributed by atoms with Crippen molar-refractivity contribution < 1.29 is 9.53 Å². The number of thioether (sulfide) groups is 1. The summed E-state index contributed by atoms with van der Waals surface area (Å²) in [7, 11) is 0. The van der Waals surface area contributed by atoms with E-state index in [1.165, 1.54) is 28.7 Å². The van der Waals surface area contributed by atoms with Gasteiger partial charge in [0.25, 0.3) is 0 Å². The Morgan fingerprint density at radius 1 is 1.30 bits per heavy atom. The van der Waals surface area contributed by atoms with Gasteiger partial charge in [0.1, 0.15) is 21.3 Å². The van der Waals surface area contributed by atoms with E-state index in [2.05, 4.69) is 34.0 Å². The number of rotatable bonds is 6. The Balaban J connectivity index is 1.60. The number of aromatic nitrogens is 4. The monoisotopic (exact) mass is 439 g/mol. The normalized spacial score (nSPS) is 11.2. The van der Waals surface area contributed by atoms with Crippen LogP contribution in [0.5, 0.6) is 0 Å². The lowest BCUT2D eigenvalue weighted by Gasteiger charge is -2.08. The summed E-state index contributed by atoms with van der Waals surface area (Å²) in [6, 6.07) is 8.24. The smallest absolute Gasteiger partial charge is 0.348 e. The second-order valence-electron chi connectivity index (χ2n) is 6.69. The Morgan fingerprint density at radius 3 is 2.90 bits per heavy atom. The number of anilines is 1. The van der Waals surface area contributed by atoms with Gasteiger partial charge in [-0.1, -0.05) is 23.9 Å². The van der Waals surface area contributed by atoms with Gasteiger partial charge in [-0.15, -0.1) is 11.3 Å². The molecule has 0 saturated heterocycles. The summed E-state index contributed by atoms with van der Waals surface area (Å²) < 4.78 is 7.17. The zero-order chi connectivity index (χ0) is 21.3. The first-order valence-corrected chi connectivity index (χ1v) is 11.2. The Labute approximate surface area is 182 Å². The molecule has 1 aromatic carbocycles. The number of nitrogens with zero attached hydrogens (tertiary/aromatic N) is 4. The molecule has 154 valence electrons. The van der Waals surface area contributed by atoms with Crippen LogP contribution in [0.15, 0.2) is 41.8 Å². The van der Waals surface area contributed by atoms with Gasteiger partial charge in [0.2, 0.25) is 0 Å². The van der Waals surface area contributed by atoms with Crippen LogP contribution < -0.4 is 5.73 Å². The second-order valence-corrected chi connectivity index (χ2v) is 8.63. The van der Waals surface area contributed by atoms with Crippen LogP contribution in [-0.4, -0.2) is 32.1 Å². The number of nitrogens with two attached hydrogens (primary N) is 1. The van der Waals surface area contributed by atoms with Crippen LogP contribution in [0.1, 0.15) is 33.5 Å². The van der Waals surface area contributed by atoms with E-state index in [4.69, 9.17) is 10.5 Å². The fourth-order valence-electron chi connectivity index (χ4n) is 3.17. The molecule has 0 saturated carbocycles. The summed E-state index contributed by atoms with van der Waals surface area (Å²) in [6.45, 7) is 6.01. The number of fused-ring (bicyclic) bond motifs is 1. The summed E-state index contributed by atoms with van der Waals surface area (Å²) in [5.74, 6) is 1.13. The van der Waals surface area contributed by atoms with E-state index in [1.807, 2.05) is 29.8 Å². The number of imidazole rings is 1. The Bertz CT molecular complexity index is 1230. The number of nitrogen functional groups attached to an aromatic ring is 1. The number of esters is 1. The van der Waals surface area contributed by atoms with Gasteiger partial charge in [0.15, 0.2) is 5.16 Å². The van der Waals surface area contributed by atoms with Crippen LogP contribution in [0.25, 0.3) is 15.9 Å². The summed E-state index contributed by atoms with van der Waals surface area (Å²) in [6.07, 6.45) is 3.71. The van der Waals surface area contributed by atoms with E-state index in [9.17, 15) is 4.79 Å². The van der Waals surface area contributed by atoms with E-state index in [-0.39, 0.29) is 5.97 Å². The molecule has 3 aromatic heterocycles. The average Bonchev–Trinajstić information content (AvgIpc) is 3.31. The molecule has 0 fully saturated rings. The number of hydrogen-bond acceptors (Lipinski definition) is 8. The lowest BCUT2D eigenvalue weighted by Crippen LogP contribution is -2.04. The minimum atomic E-state index is -0.353.